The molecule has 2 aromatic rings. The highest BCUT2D eigenvalue weighted by Gasteiger charge is 2.12. The van der Waals surface area contributed by atoms with E-state index in [4.69, 9.17) is 22.1 Å². The van der Waals surface area contributed by atoms with E-state index in [1.165, 1.54) is 11.8 Å². The maximum absolute atomic E-state index is 11.4. The zero-order valence-electron chi connectivity index (χ0n) is 12.5. The van der Waals surface area contributed by atoms with Crippen LogP contribution in [0.4, 0.5) is 4.79 Å². The van der Waals surface area contributed by atoms with Crippen molar-refractivity contribution in [2.75, 3.05) is 19.5 Å². The van der Waals surface area contributed by atoms with E-state index in [1.807, 2.05) is 22.0 Å². The first-order valence-corrected chi connectivity index (χ1v) is 8.24. The Morgan fingerprint density at radius 2 is 2.26 bits per heavy atom. The highest BCUT2D eigenvalue weighted by molar-refractivity contribution is 7.99. The van der Waals surface area contributed by atoms with Crippen LogP contribution < -0.4 is 11.1 Å². The Kier molecular flexibility index (Phi) is 6.26. The molecule has 0 saturated carbocycles. The minimum Gasteiger partial charge on any atom is -0.383 e. The molecule has 3 amide bonds. The number of carbonyl (C=O) groups is 2. The molecule has 0 radical (unpaired) electrons. The summed E-state index contributed by atoms with van der Waals surface area (Å²) >= 11 is 7.43. The summed E-state index contributed by atoms with van der Waals surface area (Å²) in [5.74, 6) is 0.0657. The minimum atomic E-state index is -0.845. The predicted octanol–water partition coefficient (Wildman–Crippen LogP) is 2.01. The van der Waals surface area contributed by atoms with E-state index in [1.54, 1.807) is 13.2 Å². The molecule has 0 atom stereocenters. The smallest absolute Gasteiger partial charge is 0.318 e. The molecule has 0 fully saturated rings. The lowest BCUT2D eigenvalue weighted by molar-refractivity contribution is -0.119. The molecule has 124 valence electrons. The van der Waals surface area contributed by atoms with Crippen molar-refractivity contribution in [1.29, 1.82) is 0 Å². The van der Waals surface area contributed by atoms with Crippen LogP contribution >= 0.6 is 23.4 Å². The Morgan fingerprint density at radius 3 is 2.96 bits per heavy atom. The maximum Gasteiger partial charge on any atom is 0.318 e. The van der Waals surface area contributed by atoms with Crippen molar-refractivity contribution in [3.05, 3.63) is 23.2 Å². The van der Waals surface area contributed by atoms with E-state index < -0.39 is 11.9 Å². The Morgan fingerprint density at radius 1 is 1.48 bits per heavy atom. The van der Waals surface area contributed by atoms with Gasteiger partial charge in [-0.3, -0.25) is 10.1 Å². The average molecular weight is 357 g/mol. The van der Waals surface area contributed by atoms with E-state index in [-0.39, 0.29) is 6.42 Å². The third kappa shape index (κ3) is 4.85. The average Bonchev–Trinajstić information content (AvgIpc) is 2.80. The zero-order chi connectivity index (χ0) is 16.8. The monoisotopic (exact) mass is 356 g/mol. The van der Waals surface area contributed by atoms with Crippen LogP contribution in [0.1, 0.15) is 6.42 Å². The quantitative estimate of drug-likeness (QED) is 0.739. The van der Waals surface area contributed by atoms with Crippen LogP contribution in [-0.2, 0) is 16.1 Å². The van der Waals surface area contributed by atoms with Crippen LogP contribution in [0.15, 0.2) is 23.4 Å². The van der Waals surface area contributed by atoms with Gasteiger partial charge >= 0.3 is 6.03 Å². The van der Waals surface area contributed by atoms with Gasteiger partial charge in [-0.2, -0.15) is 0 Å². The number of nitrogens with two attached hydrogens (primary N) is 1. The van der Waals surface area contributed by atoms with Crippen molar-refractivity contribution in [2.45, 2.75) is 18.1 Å². The first-order valence-electron chi connectivity index (χ1n) is 6.88. The standard InChI is InChI=1S/C14H17ClN4O3S/c1-22-6-5-19-11-3-2-9(15)8-10(11)17-14(19)23-7-4-12(20)18-13(16)21/h2-3,8H,4-7H2,1H3,(H3,16,18,20,21). The van der Waals surface area contributed by atoms with Gasteiger partial charge in [-0.25, -0.2) is 9.78 Å². The highest BCUT2D eigenvalue weighted by Crippen LogP contribution is 2.26. The number of imidazole rings is 1. The van der Waals surface area contributed by atoms with Crippen LogP contribution in [0.3, 0.4) is 0 Å². The predicted molar refractivity (Wildman–Crippen MR) is 89.7 cm³/mol. The zero-order valence-corrected chi connectivity index (χ0v) is 14.1. The Hall–Kier alpha value is -1.77. The lowest BCUT2D eigenvalue weighted by Gasteiger charge is -2.08. The number of rotatable bonds is 7. The molecule has 1 aromatic heterocycles. The van der Waals surface area contributed by atoms with Gasteiger partial charge in [0.2, 0.25) is 5.91 Å². The molecule has 1 aromatic carbocycles. The number of hydrogen-bond acceptors (Lipinski definition) is 5. The van der Waals surface area contributed by atoms with Gasteiger partial charge in [0.15, 0.2) is 5.16 Å². The molecule has 2 rings (SSSR count). The summed E-state index contributed by atoms with van der Waals surface area (Å²) in [6.07, 6.45) is 0.168. The summed E-state index contributed by atoms with van der Waals surface area (Å²) in [5.41, 5.74) is 6.64. The maximum atomic E-state index is 11.4. The number of aromatic nitrogens is 2. The summed E-state index contributed by atoms with van der Waals surface area (Å²) in [7, 11) is 1.64. The van der Waals surface area contributed by atoms with Crippen molar-refractivity contribution in [3.8, 4) is 0 Å². The van der Waals surface area contributed by atoms with Gasteiger partial charge in [-0.1, -0.05) is 23.4 Å². The first-order chi connectivity index (χ1) is 11.0. The number of nitrogens with zero attached hydrogens (tertiary/aromatic N) is 2. The Labute approximate surface area is 142 Å². The highest BCUT2D eigenvalue weighted by atomic mass is 35.5. The van der Waals surface area contributed by atoms with Gasteiger partial charge in [-0.15, -0.1) is 0 Å². The van der Waals surface area contributed by atoms with Crippen LogP contribution in [0.2, 0.25) is 5.02 Å². The summed E-state index contributed by atoms with van der Waals surface area (Å²) in [6.45, 7) is 1.19. The van der Waals surface area contributed by atoms with E-state index in [0.717, 1.165) is 16.2 Å². The van der Waals surface area contributed by atoms with Gasteiger partial charge < -0.3 is 15.0 Å². The third-order valence-electron chi connectivity index (χ3n) is 3.02. The number of benzene rings is 1. The molecular formula is C14H17ClN4O3S. The summed E-state index contributed by atoms with van der Waals surface area (Å²) in [6, 6.07) is 4.67. The van der Waals surface area contributed by atoms with Crippen LogP contribution in [0, 0.1) is 0 Å². The summed E-state index contributed by atoms with van der Waals surface area (Å²) < 4.78 is 7.15. The molecule has 0 unspecified atom stereocenters. The van der Waals surface area contributed by atoms with Gasteiger partial charge in [0.1, 0.15) is 0 Å². The number of thioether (sulfide) groups is 1. The number of hydrogen-bond donors (Lipinski definition) is 2. The molecule has 1 heterocycles. The molecular weight excluding hydrogens is 340 g/mol. The number of amides is 3. The number of urea groups is 1. The SMILES string of the molecule is COCCn1c(SCCC(=O)NC(N)=O)nc2cc(Cl)ccc21. The Bertz CT molecular complexity index is 719. The van der Waals surface area contributed by atoms with E-state index in [9.17, 15) is 9.59 Å². The lowest BCUT2D eigenvalue weighted by Crippen LogP contribution is -2.35. The van der Waals surface area contributed by atoms with E-state index >= 15 is 0 Å². The number of primary amides is 1. The lowest BCUT2D eigenvalue weighted by atomic mass is 10.3. The molecule has 23 heavy (non-hydrogen) atoms. The van der Waals surface area contributed by atoms with Crippen molar-refractivity contribution in [3.63, 3.8) is 0 Å². The molecule has 3 N–H and O–H groups in total. The third-order valence-corrected chi connectivity index (χ3v) is 4.23. The first kappa shape index (κ1) is 17.6. The topological polar surface area (TPSA) is 99.2 Å². The van der Waals surface area contributed by atoms with Gasteiger partial charge in [0.05, 0.1) is 17.6 Å². The van der Waals surface area contributed by atoms with Crippen molar-refractivity contribution in [2.24, 2.45) is 5.73 Å². The molecule has 0 aliphatic heterocycles. The van der Waals surface area contributed by atoms with Gasteiger partial charge in [-0.05, 0) is 18.2 Å². The van der Waals surface area contributed by atoms with Crippen molar-refractivity contribution < 1.29 is 14.3 Å². The molecule has 9 heteroatoms. The number of carbonyl (C=O) groups excluding carboxylic acids is 2. The molecule has 0 aliphatic carbocycles. The van der Waals surface area contributed by atoms with Crippen LogP contribution in [0.5, 0.6) is 0 Å². The molecule has 7 nitrogen and oxygen atoms in total. The van der Waals surface area contributed by atoms with E-state index in [2.05, 4.69) is 4.98 Å². The number of halogens is 1. The molecule has 0 spiro atoms. The fourth-order valence-electron chi connectivity index (χ4n) is 2.02. The fraction of sp³-hybridized carbons (Fsp3) is 0.357. The summed E-state index contributed by atoms with van der Waals surface area (Å²) in [4.78, 5) is 26.6. The van der Waals surface area contributed by atoms with E-state index in [0.29, 0.717) is 23.9 Å². The normalized spacial score (nSPS) is 10.9. The van der Waals surface area contributed by atoms with Crippen LogP contribution in [-0.4, -0.2) is 41.0 Å². The largest absolute Gasteiger partial charge is 0.383 e. The number of nitrogens with one attached hydrogen (secondary N) is 1. The number of ether oxygens (including phenoxy) is 1. The molecule has 0 aliphatic rings. The second-order valence-electron chi connectivity index (χ2n) is 4.68. The second-order valence-corrected chi connectivity index (χ2v) is 6.18. The van der Waals surface area contributed by atoms with Crippen LogP contribution in [0.25, 0.3) is 11.0 Å². The summed E-state index contributed by atoms with van der Waals surface area (Å²) in [5, 5.41) is 3.42. The van der Waals surface area contributed by atoms with Crippen molar-refractivity contribution >= 4 is 46.3 Å². The number of imide groups is 1. The fourth-order valence-corrected chi connectivity index (χ4v) is 3.17. The second kappa shape index (κ2) is 8.19. The minimum absolute atomic E-state index is 0.168. The van der Waals surface area contributed by atoms with Gasteiger partial charge in [0.25, 0.3) is 0 Å². The molecule has 0 saturated heterocycles. The van der Waals surface area contributed by atoms with Gasteiger partial charge in [0, 0.05) is 30.9 Å². The number of methoxy groups -OCH3 is 1. The Balaban J connectivity index is 2.11. The van der Waals surface area contributed by atoms with Crippen molar-refractivity contribution in [1.82, 2.24) is 14.9 Å². The molecule has 0 bridgehead atoms. The number of fused-ring (bicyclic) bond motifs is 1.